The number of carbonyl (C=O) groups is 4. The molecular weight excluding hydrogens is 453 g/mol. The molecule has 11 heteroatoms. The van der Waals surface area contributed by atoms with Crippen molar-refractivity contribution in [2.24, 2.45) is 11.1 Å². The molecule has 1 aliphatic rings. The van der Waals surface area contributed by atoms with Gasteiger partial charge in [0.25, 0.3) is 0 Å². The van der Waals surface area contributed by atoms with Gasteiger partial charge in [0.1, 0.15) is 17.0 Å². The summed E-state index contributed by atoms with van der Waals surface area (Å²) in [6.07, 6.45) is 2.18. The Labute approximate surface area is 192 Å². The van der Waals surface area contributed by atoms with E-state index in [4.69, 9.17) is 21.0 Å². The minimum atomic E-state index is -1.19. The van der Waals surface area contributed by atoms with Crippen molar-refractivity contribution in [1.29, 1.82) is 5.41 Å². The molecule has 0 spiro atoms. The number of rotatable bonds is 10. The van der Waals surface area contributed by atoms with E-state index in [0.717, 1.165) is 28.7 Å². The van der Waals surface area contributed by atoms with E-state index in [0.29, 0.717) is 25.5 Å². The van der Waals surface area contributed by atoms with Gasteiger partial charge in [0, 0.05) is 10.4 Å². The van der Waals surface area contributed by atoms with E-state index in [2.05, 4.69) is 5.32 Å². The first-order chi connectivity index (χ1) is 15.6. The predicted octanol–water partition coefficient (Wildman–Crippen LogP) is 2.26. The number of esters is 1. The molecule has 33 heavy (non-hydrogen) atoms. The Morgan fingerprint density at radius 1 is 1.30 bits per heavy atom. The Kier molecular flexibility index (Phi) is 7.22. The summed E-state index contributed by atoms with van der Waals surface area (Å²) in [5.74, 6) is -3.79. The Morgan fingerprint density at radius 3 is 2.58 bits per heavy atom. The Morgan fingerprint density at radius 2 is 2.03 bits per heavy atom. The fourth-order valence-corrected chi connectivity index (χ4v) is 4.58. The molecule has 1 aromatic carbocycles. The van der Waals surface area contributed by atoms with Crippen molar-refractivity contribution < 1.29 is 33.4 Å². The molecule has 0 aliphatic heterocycles. The molecule has 1 heterocycles. The number of nitrogens with one attached hydrogen (secondary N) is 2. The highest BCUT2D eigenvalue weighted by molar-refractivity contribution is 7.14. The van der Waals surface area contributed by atoms with Crippen LogP contribution in [-0.2, 0) is 20.8 Å². The van der Waals surface area contributed by atoms with Crippen molar-refractivity contribution in [3.05, 3.63) is 51.5 Å². The van der Waals surface area contributed by atoms with E-state index in [-0.39, 0.29) is 22.0 Å². The number of ether oxygens (including phenoxy) is 1. The number of thiophene rings is 1. The largest absolute Gasteiger partial charge is 0.481 e. The second-order valence-corrected chi connectivity index (χ2v) is 9.01. The van der Waals surface area contributed by atoms with Crippen molar-refractivity contribution in [2.75, 3.05) is 0 Å². The molecule has 0 unspecified atom stereocenters. The van der Waals surface area contributed by atoms with Gasteiger partial charge in [0.05, 0.1) is 17.9 Å². The van der Waals surface area contributed by atoms with E-state index in [9.17, 15) is 23.6 Å². The third-order valence-electron chi connectivity index (χ3n) is 5.49. The van der Waals surface area contributed by atoms with Crippen LogP contribution < -0.4 is 15.8 Å². The van der Waals surface area contributed by atoms with Gasteiger partial charge in [-0.1, -0.05) is 6.42 Å². The van der Waals surface area contributed by atoms with Crippen LogP contribution in [-0.4, -0.2) is 41.1 Å². The second-order valence-electron chi connectivity index (χ2n) is 7.84. The average molecular weight is 475 g/mol. The molecule has 1 amide bonds. The summed E-state index contributed by atoms with van der Waals surface area (Å²) in [5.41, 5.74) is 4.69. The highest BCUT2D eigenvalue weighted by Gasteiger charge is 2.45. The minimum Gasteiger partial charge on any atom is -0.481 e. The Balaban J connectivity index is 1.67. The lowest BCUT2D eigenvalue weighted by atomic mass is 9.65. The number of halogens is 1. The lowest BCUT2D eigenvalue weighted by Crippen LogP contribution is -2.51. The SMILES string of the molecule is N=C(N)c1ccc(OC(=O)c2ccc(CC3(C(=O)N[C@H](C=O)CC(=O)O)CCC3)s2)c(F)c1. The summed E-state index contributed by atoms with van der Waals surface area (Å²) in [6.45, 7) is 0. The number of aldehydes is 1. The molecule has 0 bridgehead atoms. The fraction of sp³-hybridized carbons (Fsp3) is 0.318. The van der Waals surface area contributed by atoms with Crippen LogP contribution in [0.15, 0.2) is 30.3 Å². The highest BCUT2D eigenvalue weighted by Crippen LogP contribution is 2.45. The van der Waals surface area contributed by atoms with Crippen LogP contribution in [0.2, 0.25) is 0 Å². The zero-order valence-electron chi connectivity index (χ0n) is 17.4. The molecule has 0 radical (unpaired) electrons. The maximum Gasteiger partial charge on any atom is 0.353 e. The smallest absolute Gasteiger partial charge is 0.353 e. The number of hydrogen-bond donors (Lipinski definition) is 4. The van der Waals surface area contributed by atoms with Gasteiger partial charge in [0.2, 0.25) is 5.91 Å². The van der Waals surface area contributed by atoms with Crippen LogP contribution in [0.1, 0.15) is 45.8 Å². The first kappa shape index (κ1) is 24.1. The highest BCUT2D eigenvalue weighted by atomic mass is 32.1. The number of nitrogens with two attached hydrogens (primary N) is 1. The van der Waals surface area contributed by atoms with Gasteiger partial charge in [-0.25, -0.2) is 9.18 Å². The first-order valence-corrected chi connectivity index (χ1v) is 10.9. The maximum atomic E-state index is 14.1. The molecule has 5 N–H and O–H groups in total. The molecule has 1 saturated carbocycles. The second kappa shape index (κ2) is 9.90. The van der Waals surface area contributed by atoms with Crippen LogP contribution in [0, 0.1) is 16.6 Å². The molecule has 3 rings (SSSR count). The number of nitrogen functional groups attached to an aromatic ring is 1. The fourth-order valence-electron chi connectivity index (χ4n) is 3.55. The lowest BCUT2D eigenvalue weighted by molar-refractivity contribution is -0.141. The normalized spacial score (nSPS) is 15.1. The van der Waals surface area contributed by atoms with Gasteiger partial charge >= 0.3 is 11.9 Å². The minimum absolute atomic E-state index is 0.162. The van der Waals surface area contributed by atoms with Crippen LogP contribution in [0.25, 0.3) is 0 Å². The van der Waals surface area contributed by atoms with Gasteiger partial charge in [0.15, 0.2) is 11.6 Å². The topological polar surface area (TPSA) is 160 Å². The monoisotopic (exact) mass is 475 g/mol. The van der Waals surface area contributed by atoms with Gasteiger partial charge in [-0.15, -0.1) is 11.3 Å². The number of carboxylic acids is 1. The molecule has 1 atom stereocenters. The number of amidine groups is 1. The van der Waals surface area contributed by atoms with Crippen molar-refractivity contribution in [1.82, 2.24) is 5.32 Å². The summed E-state index contributed by atoms with van der Waals surface area (Å²) < 4.78 is 19.2. The lowest BCUT2D eigenvalue weighted by Gasteiger charge is -2.40. The van der Waals surface area contributed by atoms with Crippen molar-refractivity contribution in [3.8, 4) is 5.75 Å². The number of aliphatic carboxylic acids is 1. The summed E-state index contributed by atoms with van der Waals surface area (Å²) in [7, 11) is 0. The molecule has 174 valence electrons. The number of carboxylic acid groups (broad SMARTS) is 1. The zero-order chi connectivity index (χ0) is 24.2. The standard InChI is InChI=1S/C22H22FN3O6S/c23-15-8-12(19(24)25)2-4-16(15)32-20(30)17-5-3-14(33-17)10-22(6-1-7-22)21(31)26-13(11-27)9-18(28)29/h2-5,8,11,13H,1,6-7,9-10H2,(H3,24,25)(H,26,31)(H,28,29)/t13-/m0/s1. The molecule has 2 aromatic rings. The van der Waals surface area contributed by atoms with Crippen LogP contribution >= 0.6 is 11.3 Å². The van der Waals surface area contributed by atoms with E-state index in [1.165, 1.54) is 18.2 Å². The Bertz CT molecular complexity index is 1110. The number of benzene rings is 1. The van der Waals surface area contributed by atoms with Gasteiger partial charge in [-0.3, -0.25) is 15.0 Å². The van der Waals surface area contributed by atoms with Crippen molar-refractivity contribution >= 4 is 41.3 Å². The number of hydrogen-bond acceptors (Lipinski definition) is 7. The molecule has 1 aliphatic carbocycles. The average Bonchev–Trinajstić information content (AvgIpc) is 3.19. The molecule has 1 aromatic heterocycles. The van der Waals surface area contributed by atoms with Crippen molar-refractivity contribution in [3.63, 3.8) is 0 Å². The summed E-state index contributed by atoms with van der Waals surface area (Å²) in [4.78, 5) is 48.1. The van der Waals surface area contributed by atoms with Gasteiger partial charge in [-0.2, -0.15) is 0 Å². The van der Waals surface area contributed by atoms with E-state index < -0.39 is 41.5 Å². The summed E-state index contributed by atoms with van der Waals surface area (Å²) in [6, 6.07) is 5.67. The Hall–Kier alpha value is -3.60. The molecule has 0 saturated heterocycles. The first-order valence-electron chi connectivity index (χ1n) is 10.1. The quantitative estimate of drug-likeness (QED) is 0.135. The third-order valence-corrected chi connectivity index (χ3v) is 6.55. The van der Waals surface area contributed by atoms with Crippen LogP contribution in [0.4, 0.5) is 4.39 Å². The van der Waals surface area contributed by atoms with E-state index in [1.54, 1.807) is 6.07 Å². The number of carbonyl (C=O) groups excluding carboxylic acids is 3. The van der Waals surface area contributed by atoms with E-state index >= 15 is 0 Å². The maximum absolute atomic E-state index is 14.1. The summed E-state index contributed by atoms with van der Waals surface area (Å²) in [5, 5.41) is 18.7. The molecule has 9 nitrogen and oxygen atoms in total. The van der Waals surface area contributed by atoms with Crippen molar-refractivity contribution in [2.45, 2.75) is 38.1 Å². The van der Waals surface area contributed by atoms with Gasteiger partial charge in [-0.05, 0) is 49.6 Å². The van der Waals surface area contributed by atoms with Gasteiger partial charge < -0.3 is 25.7 Å². The van der Waals surface area contributed by atoms with Crippen LogP contribution in [0.3, 0.4) is 0 Å². The molecular formula is C22H22FN3O6S. The third kappa shape index (κ3) is 5.61. The van der Waals surface area contributed by atoms with E-state index in [1.807, 2.05) is 0 Å². The summed E-state index contributed by atoms with van der Waals surface area (Å²) >= 11 is 1.11. The zero-order valence-corrected chi connectivity index (χ0v) is 18.2. The van der Waals surface area contributed by atoms with Crippen LogP contribution in [0.5, 0.6) is 5.75 Å². The molecule has 1 fully saturated rings. The predicted molar refractivity (Wildman–Crippen MR) is 117 cm³/mol. The number of amides is 1.